The highest BCUT2D eigenvalue weighted by Crippen LogP contribution is 2.35. The van der Waals surface area contributed by atoms with Crippen LogP contribution in [0, 0.1) is 0 Å². The summed E-state index contributed by atoms with van der Waals surface area (Å²) >= 11 is 5.88. The summed E-state index contributed by atoms with van der Waals surface area (Å²) in [5.41, 5.74) is 3.35. The average molecular weight is 367 g/mol. The number of carbonyl (C=O) groups excluding carboxylic acids is 1. The predicted molar refractivity (Wildman–Crippen MR) is 102 cm³/mol. The third-order valence-electron chi connectivity index (χ3n) is 4.63. The smallest absolute Gasteiger partial charge is 0.278 e. The number of carbonyl (C=O) groups is 1. The maximum absolute atomic E-state index is 12.5. The molecule has 0 saturated carbocycles. The minimum atomic E-state index is -0.184. The molecule has 1 aliphatic heterocycles. The van der Waals surface area contributed by atoms with E-state index < -0.39 is 0 Å². The molecule has 0 fully saturated rings. The van der Waals surface area contributed by atoms with Crippen molar-refractivity contribution in [3.8, 4) is 17.0 Å². The zero-order valence-electron chi connectivity index (χ0n) is 14.7. The predicted octanol–water partition coefficient (Wildman–Crippen LogP) is 5.00. The fourth-order valence-corrected chi connectivity index (χ4v) is 3.26. The van der Waals surface area contributed by atoms with Crippen molar-refractivity contribution in [1.29, 1.82) is 0 Å². The Kier molecular flexibility index (Phi) is 4.08. The molecule has 0 bridgehead atoms. The molecule has 3 aromatic rings. The van der Waals surface area contributed by atoms with Gasteiger partial charge in [-0.1, -0.05) is 11.6 Å². The van der Waals surface area contributed by atoms with Crippen molar-refractivity contribution in [3.63, 3.8) is 0 Å². The Balaban J connectivity index is 1.60. The maximum atomic E-state index is 12.5. The molecule has 4 rings (SSSR count). The number of aromatic nitrogens is 2. The Morgan fingerprint density at radius 3 is 2.69 bits per heavy atom. The standard InChI is InChI=1S/C21H19ClN2O2/c1-21(2)11-9-16-13-15(5-8-19(16)26-21)18-10-12-24(23-18)20(25)14-3-6-17(22)7-4-14/h3-8,10,12-13H,9,11H2,1-2H3. The zero-order valence-corrected chi connectivity index (χ0v) is 15.5. The molecule has 2 heterocycles. The Labute approximate surface area is 157 Å². The first-order valence-electron chi connectivity index (χ1n) is 8.60. The fraction of sp³-hybridized carbons (Fsp3) is 0.238. The number of benzene rings is 2. The van der Waals surface area contributed by atoms with Crippen molar-refractivity contribution < 1.29 is 9.53 Å². The largest absolute Gasteiger partial charge is 0.488 e. The molecule has 0 unspecified atom stereocenters. The third-order valence-corrected chi connectivity index (χ3v) is 4.88. The van der Waals surface area contributed by atoms with Crippen molar-refractivity contribution in [1.82, 2.24) is 9.78 Å². The van der Waals surface area contributed by atoms with Crippen LogP contribution in [0.3, 0.4) is 0 Å². The van der Waals surface area contributed by atoms with Gasteiger partial charge in [0.1, 0.15) is 11.4 Å². The van der Waals surface area contributed by atoms with Gasteiger partial charge in [0.15, 0.2) is 0 Å². The lowest BCUT2D eigenvalue weighted by molar-refractivity contribution is 0.0847. The molecule has 0 spiro atoms. The van der Waals surface area contributed by atoms with E-state index in [9.17, 15) is 4.79 Å². The van der Waals surface area contributed by atoms with Gasteiger partial charge in [-0.05, 0) is 80.8 Å². The first-order valence-corrected chi connectivity index (χ1v) is 8.97. The molecule has 0 amide bonds. The van der Waals surface area contributed by atoms with Gasteiger partial charge in [0.05, 0.1) is 5.69 Å². The number of nitrogens with zero attached hydrogens (tertiary/aromatic N) is 2. The van der Waals surface area contributed by atoms with Gasteiger partial charge >= 0.3 is 0 Å². The molecule has 5 heteroatoms. The Morgan fingerprint density at radius 2 is 1.92 bits per heavy atom. The highest BCUT2D eigenvalue weighted by molar-refractivity contribution is 6.30. The fourth-order valence-electron chi connectivity index (χ4n) is 3.13. The monoisotopic (exact) mass is 366 g/mol. The van der Waals surface area contributed by atoms with E-state index >= 15 is 0 Å². The number of rotatable bonds is 2. The number of halogens is 1. The van der Waals surface area contributed by atoms with E-state index in [1.54, 1.807) is 30.5 Å². The van der Waals surface area contributed by atoms with Gasteiger partial charge in [-0.2, -0.15) is 5.10 Å². The maximum Gasteiger partial charge on any atom is 0.278 e. The molecule has 0 atom stereocenters. The van der Waals surface area contributed by atoms with Gasteiger partial charge in [-0.25, -0.2) is 4.68 Å². The van der Waals surface area contributed by atoms with Crippen molar-refractivity contribution in [2.45, 2.75) is 32.3 Å². The topological polar surface area (TPSA) is 44.1 Å². The summed E-state index contributed by atoms with van der Waals surface area (Å²) in [6.07, 6.45) is 3.64. The van der Waals surface area contributed by atoms with Crippen LogP contribution in [0.25, 0.3) is 11.3 Å². The van der Waals surface area contributed by atoms with Crippen molar-refractivity contribution in [2.24, 2.45) is 0 Å². The van der Waals surface area contributed by atoms with Crippen LogP contribution >= 0.6 is 11.6 Å². The van der Waals surface area contributed by atoms with Gasteiger partial charge in [0.25, 0.3) is 5.91 Å². The van der Waals surface area contributed by atoms with Crippen LogP contribution in [0.2, 0.25) is 5.02 Å². The van der Waals surface area contributed by atoms with E-state index in [4.69, 9.17) is 16.3 Å². The average Bonchev–Trinajstić information content (AvgIpc) is 3.11. The minimum absolute atomic E-state index is 0.124. The van der Waals surface area contributed by atoms with Gasteiger partial charge in [-0.15, -0.1) is 0 Å². The normalized spacial score (nSPS) is 15.2. The van der Waals surface area contributed by atoms with Gasteiger partial charge in [0.2, 0.25) is 0 Å². The molecule has 1 aliphatic rings. The quantitative estimate of drug-likeness (QED) is 0.641. The van der Waals surface area contributed by atoms with Crippen LogP contribution in [0.4, 0.5) is 0 Å². The van der Waals surface area contributed by atoms with E-state index in [0.717, 1.165) is 29.8 Å². The van der Waals surface area contributed by atoms with Crippen LogP contribution in [-0.4, -0.2) is 21.3 Å². The molecule has 1 aromatic heterocycles. The van der Waals surface area contributed by atoms with Crippen molar-refractivity contribution >= 4 is 17.5 Å². The Hall–Kier alpha value is -2.59. The molecule has 2 aromatic carbocycles. The SMILES string of the molecule is CC1(C)CCc2cc(-c3ccn(C(=O)c4ccc(Cl)cc4)n3)ccc2O1. The van der Waals surface area contributed by atoms with Crippen LogP contribution in [-0.2, 0) is 6.42 Å². The lowest BCUT2D eigenvalue weighted by Gasteiger charge is -2.32. The number of aryl methyl sites for hydroxylation is 1. The molecule has 26 heavy (non-hydrogen) atoms. The summed E-state index contributed by atoms with van der Waals surface area (Å²) < 4.78 is 7.39. The first-order chi connectivity index (χ1) is 12.4. The first kappa shape index (κ1) is 16.9. The number of hydrogen-bond donors (Lipinski definition) is 0. The van der Waals surface area contributed by atoms with Gasteiger partial charge in [0, 0.05) is 22.3 Å². The number of hydrogen-bond acceptors (Lipinski definition) is 3. The second kappa shape index (κ2) is 6.29. The molecule has 0 N–H and O–H groups in total. The van der Waals surface area contributed by atoms with Crippen LogP contribution in [0.15, 0.2) is 54.7 Å². The van der Waals surface area contributed by atoms with E-state index in [2.05, 4.69) is 25.0 Å². The molecule has 0 radical (unpaired) electrons. The highest BCUT2D eigenvalue weighted by atomic mass is 35.5. The van der Waals surface area contributed by atoms with Crippen LogP contribution < -0.4 is 4.74 Å². The molecule has 0 saturated heterocycles. The summed E-state index contributed by atoms with van der Waals surface area (Å²) in [6, 6.07) is 14.7. The second-order valence-corrected chi connectivity index (χ2v) is 7.58. The molecular weight excluding hydrogens is 348 g/mol. The number of fused-ring (bicyclic) bond motifs is 1. The number of ether oxygens (including phenoxy) is 1. The summed E-state index contributed by atoms with van der Waals surface area (Å²) in [7, 11) is 0. The van der Waals surface area contributed by atoms with Crippen molar-refractivity contribution in [3.05, 3.63) is 70.9 Å². The summed E-state index contributed by atoms with van der Waals surface area (Å²) in [4.78, 5) is 12.5. The minimum Gasteiger partial charge on any atom is -0.488 e. The van der Waals surface area contributed by atoms with E-state index in [0.29, 0.717) is 10.6 Å². The van der Waals surface area contributed by atoms with Crippen LogP contribution in [0.1, 0.15) is 36.2 Å². The molecule has 0 aliphatic carbocycles. The molecule has 132 valence electrons. The van der Waals surface area contributed by atoms with E-state index in [1.165, 1.54) is 10.2 Å². The molecule has 4 nitrogen and oxygen atoms in total. The summed E-state index contributed by atoms with van der Waals surface area (Å²) in [5, 5.41) is 5.05. The van der Waals surface area contributed by atoms with Gasteiger partial charge < -0.3 is 4.74 Å². The summed E-state index contributed by atoms with van der Waals surface area (Å²) in [5.74, 6) is 0.748. The highest BCUT2D eigenvalue weighted by Gasteiger charge is 2.26. The second-order valence-electron chi connectivity index (χ2n) is 7.14. The Bertz CT molecular complexity index is 974. The van der Waals surface area contributed by atoms with E-state index in [-0.39, 0.29) is 11.5 Å². The summed E-state index contributed by atoms with van der Waals surface area (Å²) in [6.45, 7) is 4.21. The molecular formula is C21H19ClN2O2. The lowest BCUT2D eigenvalue weighted by atomic mass is 9.93. The van der Waals surface area contributed by atoms with Crippen molar-refractivity contribution in [2.75, 3.05) is 0 Å². The van der Waals surface area contributed by atoms with Crippen LogP contribution in [0.5, 0.6) is 5.75 Å². The van der Waals surface area contributed by atoms with Gasteiger partial charge in [-0.3, -0.25) is 4.79 Å². The zero-order chi connectivity index (χ0) is 18.3. The third kappa shape index (κ3) is 3.25. The van der Waals surface area contributed by atoms with E-state index in [1.807, 2.05) is 18.2 Å². The lowest BCUT2D eigenvalue weighted by Crippen LogP contribution is -2.32. The Morgan fingerprint density at radius 1 is 1.15 bits per heavy atom.